The third kappa shape index (κ3) is 4.23. The number of amides is 1. The van der Waals surface area contributed by atoms with Crippen molar-refractivity contribution in [3.8, 4) is 5.75 Å². The molecular weight excluding hydrogens is 432 g/mol. The third-order valence-corrected chi connectivity index (χ3v) is 6.90. The van der Waals surface area contributed by atoms with Crippen LogP contribution in [-0.2, 0) is 19.6 Å². The molecule has 1 aromatic heterocycles. The largest absolute Gasteiger partial charge is 0.496 e. The normalized spacial score (nSPS) is 27.3. The van der Waals surface area contributed by atoms with Gasteiger partial charge in [0.25, 0.3) is 15.9 Å². The molecule has 170 valence electrons. The minimum Gasteiger partial charge on any atom is -0.496 e. The fourth-order valence-corrected chi connectivity index (χ4v) is 5.39. The Morgan fingerprint density at radius 3 is 2.81 bits per heavy atom. The number of benzene rings is 1. The summed E-state index contributed by atoms with van der Waals surface area (Å²) >= 11 is 0. The maximum Gasteiger partial charge on any atom is 0.265 e. The number of ether oxygens (including phenoxy) is 2. The molecule has 0 spiro atoms. The van der Waals surface area contributed by atoms with E-state index in [1.165, 1.54) is 11.2 Å². The van der Waals surface area contributed by atoms with Crippen molar-refractivity contribution in [2.24, 2.45) is 4.40 Å². The van der Waals surface area contributed by atoms with Crippen molar-refractivity contribution in [2.45, 2.75) is 50.5 Å². The molecule has 0 radical (unpaired) electrons. The maximum atomic E-state index is 13.1. The van der Waals surface area contributed by atoms with Gasteiger partial charge in [-0.05, 0) is 56.1 Å². The summed E-state index contributed by atoms with van der Waals surface area (Å²) in [7, 11) is -3.60. The number of rotatable bonds is 1. The minimum absolute atomic E-state index is 0.0121. The van der Waals surface area contributed by atoms with Gasteiger partial charge in [-0.2, -0.15) is 4.40 Å². The number of fused-ring (bicyclic) bond motifs is 6. The van der Waals surface area contributed by atoms with Crippen LogP contribution in [0.5, 0.6) is 5.75 Å². The Bertz CT molecular complexity index is 1210. The fraction of sp³-hybridized carbons (Fsp3) is 0.500. The van der Waals surface area contributed by atoms with Crippen LogP contribution in [0.3, 0.4) is 0 Å². The molecule has 9 nitrogen and oxygen atoms in total. The quantitative estimate of drug-likeness (QED) is 0.703. The maximum absolute atomic E-state index is 13.1. The zero-order chi connectivity index (χ0) is 22.3. The number of aromatic nitrogens is 2. The molecular formula is C22H26N4O5S. The number of nitrogens with zero attached hydrogens (tertiary/aromatic N) is 3. The molecule has 1 aromatic carbocycles. The first-order valence-corrected chi connectivity index (χ1v) is 12.8. The van der Waals surface area contributed by atoms with Gasteiger partial charge in [0.1, 0.15) is 17.7 Å². The molecule has 1 saturated heterocycles. The number of sulfonamides is 1. The van der Waals surface area contributed by atoms with Crippen molar-refractivity contribution in [1.82, 2.24) is 14.9 Å². The van der Waals surface area contributed by atoms with Crippen LogP contribution in [0.4, 0.5) is 0 Å². The van der Waals surface area contributed by atoms with Gasteiger partial charge in [-0.1, -0.05) is 0 Å². The van der Waals surface area contributed by atoms with E-state index in [-0.39, 0.29) is 18.6 Å². The number of nitrogens with one attached hydrogen (secondary N) is 1. The summed E-state index contributed by atoms with van der Waals surface area (Å²) in [5.74, 6) is 0.723. The molecule has 0 unspecified atom stereocenters. The molecule has 3 aliphatic heterocycles. The second kappa shape index (κ2) is 8.23. The van der Waals surface area contributed by atoms with Crippen molar-refractivity contribution in [2.75, 3.05) is 19.4 Å². The van der Waals surface area contributed by atoms with E-state index >= 15 is 0 Å². The smallest absolute Gasteiger partial charge is 0.265 e. The Balaban J connectivity index is 1.54. The Labute approximate surface area is 186 Å². The van der Waals surface area contributed by atoms with Crippen molar-refractivity contribution in [3.63, 3.8) is 0 Å². The van der Waals surface area contributed by atoms with Gasteiger partial charge < -0.3 is 19.4 Å². The molecule has 0 atom stereocenters. The number of carbonyl (C=O) groups is 1. The van der Waals surface area contributed by atoms with Crippen LogP contribution >= 0.6 is 0 Å². The number of allylic oxidation sites excluding steroid dienone is 1. The second-order valence-corrected chi connectivity index (χ2v) is 10.3. The van der Waals surface area contributed by atoms with Crippen LogP contribution in [0.2, 0.25) is 0 Å². The zero-order valence-corrected chi connectivity index (χ0v) is 18.7. The van der Waals surface area contributed by atoms with Crippen molar-refractivity contribution in [1.29, 1.82) is 0 Å². The highest BCUT2D eigenvalue weighted by Gasteiger charge is 2.31. The van der Waals surface area contributed by atoms with Gasteiger partial charge in [-0.3, -0.25) is 4.79 Å². The molecule has 2 fully saturated rings. The Morgan fingerprint density at radius 1 is 1.22 bits per heavy atom. The lowest BCUT2D eigenvalue weighted by Crippen LogP contribution is -2.41. The summed E-state index contributed by atoms with van der Waals surface area (Å²) in [5.41, 5.74) is 3.59. The van der Waals surface area contributed by atoms with Crippen LogP contribution in [0, 0.1) is 0 Å². The van der Waals surface area contributed by atoms with Crippen LogP contribution in [-0.4, -0.2) is 60.4 Å². The number of H-pyrrole nitrogens is 1. The highest BCUT2D eigenvalue weighted by molar-refractivity contribution is 7.89. The fourth-order valence-electron chi connectivity index (χ4n) is 4.80. The van der Waals surface area contributed by atoms with Gasteiger partial charge >= 0.3 is 0 Å². The van der Waals surface area contributed by atoms with E-state index < -0.39 is 10.0 Å². The van der Waals surface area contributed by atoms with E-state index in [4.69, 9.17) is 9.47 Å². The first-order valence-electron chi connectivity index (χ1n) is 10.9. The summed E-state index contributed by atoms with van der Waals surface area (Å²) in [6.07, 6.45) is 8.94. The predicted octanol–water partition coefficient (Wildman–Crippen LogP) is 2.86. The number of carbonyl (C=O) groups excluding carboxylic acids is 1. The predicted molar refractivity (Wildman–Crippen MR) is 119 cm³/mol. The average molecular weight is 459 g/mol. The molecule has 1 aliphatic carbocycles. The number of aromatic amines is 1. The van der Waals surface area contributed by atoms with E-state index in [9.17, 15) is 13.2 Å². The lowest BCUT2D eigenvalue weighted by Gasteiger charge is -2.31. The SMILES string of the molecule is CS(=O)(=O)/N=C1CCCN2C(=O)COc3cc4nc[nH]c4cc3C3CCC(CC3)O\C=C\12. The molecule has 32 heavy (non-hydrogen) atoms. The third-order valence-electron chi connectivity index (χ3n) is 6.35. The standard InChI is InChI=1S/C22H26N4O5S/c1-32(28,29)25-17-3-2-8-26-20(17)11-30-15-6-4-14(5-7-15)16-9-18-19(24-13-23-18)10-21(16)31-12-22(26)27/h9-11,13-15H,2-8,12H2,1H3,(H,23,24)/b20-11-,25-17+. The van der Waals surface area contributed by atoms with Crippen LogP contribution < -0.4 is 4.74 Å². The summed E-state index contributed by atoms with van der Waals surface area (Å²) in [6, 6.07) is 3.97. The van der Waals surface area contributed by atoms with Gasteiger partial charge in [-0.25, -0.2) is 13.4 Å². The van der Waals surface area contributed by atoms with E-state index in [2.05, 4.69) is 20.4 Å². The van der Waals surface area contributed by atoms with E-state index in [1.807, 2.05) is 6.07 Å². The van der Waals surface area contributed by atoms with E-state index in [1.54, 1.807) is 6.33 Å². The number of imidazole rings is 1. The van der Waals surface area contributed by atoms with Crippen molar-refractivity contribution < 1.29 is 22.7 Å². The lowest BCUT2D eigenvalue weighted by molar-refractivity contribution is -0.131. The Hall–Kier alpha value is -2.88. The summed E-state index contributed by atoms with van der Waals surface area (Å²) in [5, 5.41) is 0. The first-order chi connectivity index (χ1) is 15.4. The number of hydrogen-bond acceptors (Lipinski definition) is 6. The highest BCUT2D eigenvalue weighted by Crippen LogP contribution is 2.40. The van der Waals surface area contributed by atoms with Crippen LogP contribution in [0.15, 0.2) is 34.8 Å². The van der Waals surface area contributed by atoms with Gasteiger partial charge in [0, 0.05) is 12.6 Å². The van der Waals surface area contributed by atoms with Crippen LogP contribution in [0.1, 0.15) is 50.0 Å². The molecule has 4 heterocycles. The molecule has 6 rings (SSSR count). The molecule has 2 bridgehead atoms. The van der Waals surface area contributed by atoms with E-state index in [0.29, 0.717) is 42.5 Å². The molecule has 1 saturated carbocycles. The molecule has 1 N–H and O–H groups in total. The van der Waals surface area contributed by atoms with Gasteiger partial charge in [0.05, 0.1) is 35.4 Å². The Morgan fingerprint density at radius 2 is 2.03 bits per heavy atom. The molecule has 2 aromatic rings. The monoisotopic (exact) mass is 458 g/mol. The first kappa shape index (κ1) is 21.0. The van der Waals surface area contributed by atoms with Crippen LogP contribution in [0.25, 0.3) is 11.0 Å². The van der Waals surface area contributed by atoms with E-state index in [0.717, 1.165) is 48.5 Å². The average Bonchev–Trinajstić information content (AvgIpc) is 3.22. The lowest BCUT2D eigenvalue weighted by atomic mass is 9.82. The summed E-state index contributed by atoms with van der Waals surface area (Å²) in [6.45, 7) is 0.293. The zero-order valence-electron chi connectivity index (χ0n) is 17.9. The molecule has 1 amide bonds. The molecule has 4 aliphatic rings. The minimum atomic E-state index is -3.60. The van der Waals surface area contributed by atoms with Gasteiger partial charge in [-0.15, -0.1) is 0 Å². The summed E-state index contributed by atoms with van der Waals surface area (Å²) in [4.78, 5) is 22.2. The summed E-state index contributed by atoms with van der Waals surface area (Å²) < 4.78 is 39.7. The van der Waals surface area contributed by atoms with Gasteiger partial charge in [0.15, 0.2) is 6.61 Å². The second-order valence-electron chi connectivity index (χ2n) is 8.63. The number of piperidine rings is 1. The highest BCUT2D eigenvalue weighted by atomic mass is 32.2. The topological polar surface area (TPSA) is 114 Å². The Kier molecular flexibility index (Phi) is 5.40. The van der Waals surface area contributed by atoms with Gasteiger partial charge in [0.2, 0.25) is 0 Å². The number of hydrogen-bond donors (Lipinski definition) is 1. The van der Waals surface area contributed by atoms with Crippen molar-refractivity contribution >= 4 is 32.7 Å². The molecule has 10 heteroatoms. The van der Waals surface area contributed by atoms with Crippen molar-refractivity contribution in [3.05, 3.63) is 36.0 Å².